The van der Waals surface area contributed by atoms with Gasteiger partial charge in [0, 0.05) is 6.04 Å². The van der Waals surface area contributed by atoms with Crippen molar-refractivity contribution in [3.8, 4) is 0 Å². The van der Waals surface area contributed by atoms with Crippen molar-refractivity contribution in [2.75, 3.05) is 7.05 Å². The van der Waals surface area contributed by atoms with E-state index >= 15 is 0 Å². The highest BCUT2D eigenvalue weighted by Crippen LogP contribution is 2.52. The van der Waals surface area contributed by atoms with E-state index in [1.807, 2.05) is 13.1 Å². The first-order valence-corrected chi connectivity index (χ1v) is 5.76. The van der Waals surface area contributed by atoms with Crippen molar-refractivity contribution in [1.29, 1.82) is 0 Å². The van der Waals surface area contributed by atoms with E-state index in [-0.39, 0.29) is 5.82 Å². The summed E-state index contributed by atoms with van der Waals surface area (Å²) in [6, 6.07) is 5.66. The third-order valence-electron chi connectivity index (χ3n) is 3.85. The van der Waals surface area contributed by atoms with Gasteiger partial charge >= 0.3 is 0 Å². The van der Waals surface area contributed by atoms with Gasteiger partial charge in [0.2, 0.25) is 0 Å². The Hall–Kier alpha value is -0.890. The van der Waals surface area contributed by atoms with Crippen molar-refractivity contribution in [1.82, 2.24) is 5.32 Å². The maximum Gasteiger partial charge on any atom is 0.123 e. The minimum atomic E-state index is -0.106. The first kappa shape index (κ1) is 9.34. The van der Waals surface area contributed by atoms with Crippen LogP contribution in [0.2, 0.25) is 0 Å². The summed E-state index contributed by atoms with van der Waals surface area (Å²) in [6.45, 7) is 0. The van der Waals surface area contributed by atoms with Gasteiger partial charge in [-0.1, -0.05) is 6.07 Å². The van der Waals surface area contributed by atoms with E-state index in [4.69, 9.17) is 0 Å². The number of hydrogen-bond acceptors (Lipinski definition) is 1. The first-order valence-electron chi connectivity index (χ1n) is 5.76. The summed E-state index contributed by atoms with van der Waals surface area (Å²) < 4.78 is 13.2. The molecule has 1 aromatic rings. The molecule has 0 radical (unpaired) electrons. The smallest absolute Gasteiger partial charge is 0.123 e. The van der Waals surface area contributed by atoms with E-state index in [1.54, 1.807) is 12.1 Å². The third-order valence-corrected chi connectivity index (χ3v) is 3.85. The molecule has 2 aliphatic carbocycles. The third kappa shape index (κ3) is 1.48. The molecule has 3 rings (SSSR count). The second-order valence-electron chi connectivity index (χ2n) is 4.79. The molecule has 2 heteroatoms. The van der Waals surface area contributed by atoms with Crippen molar-refractivity contribution in [2.24, 2.45) is 5.92 Å². The molecule has 0 bridgehead atoms. The van der Waals surface area contributed by atoms with E-state index < -0.39 is 0 Å². The molecule has 2 aliphatic rings. The van der Waals surface area contributed by atoms with Gasteiger partial charge in [0.1, 0.15) is 5.82 Å². The fourth-order valence-electron chi connectivity index (χ4n) is 2.91. The Morgan fingerprint density at radius 2 is 2.07 bits per heavy atom. The summed E-state index contributed by atoms with van der Waals surface area (Å²) in [5.74, 6) is 1.44. The Balaban J connectivity index is 2.02. The standard InChI is InChI=1S/C13H16FN/c1-15-13-7-11(8-2-3-8)10-5-4-9(14)6-12(10)13/h4-6,8,11,13,15H,2-3,7H2,1H3. The Morgan fingerprint density at radius 3 is 2.73 bits per heavy atom. The molecule has 1 N–H and O–H groups in total. The Morgan fingerprint density at radius 1 is 1.27 bits per heavy atom. The van der Waals surface area contributed by atoms with Crippen molar-refractivity contribution < 1.29 is 4.39 Å². The van der Waals surface area contributed by atoms with E-state index in [1.165, 1.54) is 24.0 Å². The topological polar surface area (TPSA) is 12.0 Å². The molecular formula is C13H16FN. The van der Waals surface area contributed by atoms with Crippen LogP contribution in [0.5, 0.6) is 0 Å². The van der Waals surface area contributed by atoms with Crippen LogP contribution >= 0.6 is 0 Å². The summed E-state index contributed by atoms with van der Waals surface area (Å²) >= 11 is 0. The van der Waals surface area contributed by atoms with Gasteiger partial charge in [-0.25, -0.2) is 4.39 Å². The van der Waals surface area contributed by atoms with Gasteiger partial charge in [-0.15, -0.1) is 0 Å². The lowest BCUT2D eigenvalue weighted by Gasteiger charge is -2.09. The number of nitrogens with one attached hydrogen (secondary N) is 1. The lowest BCUT2D eigenvalue weighted by Crippen LogP contribution is -2.13. The molecule has 1 aromatic carbocycles. The largest absolute Gasteiger partial charge is 0.313 e. The molecule has 15 heavy (non-hydrogen) atoms. The van der Waals surface area contributed by atoms with Crippen LogP contribution < -0.4 is 5.32 Å². The second-order valence-corrected chi connectivity index (χ2v) is 4.79. The maximum atomic E-state index is 13.2. The van der Waals surface area contributed by atoms with Crippen LogP contribution in [-0.2, 0) is 0 Å². The molecule has 1 nitrogen and oxygen atoms in total. The normalized spacial score (nSPS) is 29.2. The minimum absolute atomic E-state index is 0.106. The predicted octanol–water partition coefficient (Wildman–Crippen LogP) is 2.98. The highest BCUT2D eigenvalue weighted by Gasteiger charge is 2.39. The summed E-state index contributed by atoms with van der Waals surface area (Å²) in [4.78, 5) is 0. The van der Waals surface area contributed by atoms with Crippen molar-refractivity contribution in [3.63, 3.8) is 0 Å². The Kier molecular flexibility index (Phi) is 2.06. The summed E-state index contributed by atoms with van der Waals surface area (Å²) in [5.41, 5.74) is 2.58. The van der Waals surface area contributed by atoms with Gasteiger partial charge in [0.25, 0.3) is 0 Å². The van der Waals surface area contributed by atoms with E-state index in [0.29, 0.717) is 12.0 Å². The minimum Gasteiger partial charge on any atom is -0.313 e. The zero-order valence-corrected chi connectivity index (χ0v) is 8.96. The molecule has 0 aromatic heterocycles. The predicted molar refractivity (Wildman–Crippen MR) is 58.3 cm³/mol. The van der Waals surface area contributed by atoms with E-state index in [9.17, 15) is 4.39 Å². The van der Waals surface area contributed by atoms with Crippen molar-refractivity contribution in [3.05, 3.63) is 35.1 Å². The van der Waals surface area contributed by atoms with E-state index in [0.717, 1.165) is 12.3 Å². The fourth-order valence-corrected chi connectivity index (χ4v) is 2.91. The zero-order valence-electron chi connectivity index (χ0n) is 8.96. The van der Waals surface area contributed by atoms with Crippen LogP contribution in [0.25, 0.3) is 0 Å². The van der Waals surface area contributed by atoms with Crippen LogP contribution in [0.15, 0.2) is 18.2 Å². The summed E-state index contributed by atoms with van der Waals surface area (Å²) in [5, 5.41) is 3.29. The molecule has 0 amide bonds. The van der Waals surface area contributed by atoms with Crippen LogP contribution in [0, 0.1) is 11.7 Å². The Labute approximate surface area is 89.7 Å². The highest BCUT2D eigenvalue weighted by molar-refractivity contribution is 5.39. The second kappa shape index (κ2) is 3.31. The molecule has 1 saturated carbocycles. The molecule has 0 saturated heterocycles. The van der Waals surface area contributed by atoms with Gasteiger partial charge in [0.05, 0.1) is 0 Å². The van der Waals surface area contributed by atoms with Gasteiger partial charge in [-0.2, -0.15) is 0 Å². The van der Waals surface area contributed by atoms with Crippen LogP contribution in [0.3, 0.4) is 0 Å². The molecular weight excluding hydrogens is 189 g/mol. The SMILES string of the molecule is CNC1CC(C2CC2)c2ccc(F)cc21. The molecule has 0 heterocycles. The molecule has 2 unspecified atom stereocenters. The van der Waals surface area contributed by atoms with Gasteiger partial charge in [-0.3, -0.25) is 0 Å². The summed E-state index contributed by atoms with van der Waals surface area (Å²) in [7, 11) is 1.97. The number of fused-ring (bicyclic) bond motifs is 1. The zero-order chi connectivity index (χ0) is 10.4. The summed E-state index contributed by atoms with van der Waals surface area (Å²) in [6.07, 6.45) is 3.87. The molecule has 0 spiro atoms. The van der Waals surface area contributed by atoms with Gasteiger partial charge in [-0.05, 0) is 61.4 Å². The maximum absolute atomic E-state index is 13.2. The van der Waals surface area contributed by atoms with Gasteiger partial charge in [0.15, 0.2) is 0 Å². The Bertz CT molecular complexity index is 384. The van der Waals surface area contributed by atoms with Crippen LogP contribution in [-0.4, -0.2) is 7.05 Å². The van der Waals surface area contributed by atoms with E-state index in [2.05, 4.69) is 5.32 Å². The van der Waals surface area contributed by atoms with Crippen molar-refractivity contribution >= 4 is 0 Å². The first-order chi connectivity index (χ1) is 7.29. The lowest BCUT2D eigenvalue weighted by molar-refractivity contribution is 0.501. The average molecular weight is 205 g/mol. The quantitative estimate of drug-likeness (QED) is 0.782. The lowest BCUT2D eigenvalue weighted by atomic mass is 9.96. The average Bonchev–Trinajstić information content (AvgIpc) is 3.01. The monoisotopic (exact) mass is 205 g/mol. The molecule has 2 atom stereocenters. The number of rotatable bonds is 2. The number of halogens is 1. The number of hydrogen-bond donors (Lipinski definition) is 1. The van der Waals surface area contributed by atoms with Crippen LogP contribution in [0.4, 0.5) is 4.39 Å². The molecule has 0 aliphatic heterocycles. The van der Waals surface area contributed by atoms with Crippen LogP contribution in [0.1, 0.15) is 42.3 Å². The fraction of sp³-hybridized carbons (Fsp3) is 0.538. The molecule has 80 valence electrons. The van der Waals surface area contributed by atoms with Crippen molar-refractivity contribution in [2.45, 2.75) is 31.2 Å². The molecule has 1 fully saturated rings. The highest BCUT2D eigenvalue weighted by atomic mass is 19.1. The number of benzene rings is 1. The van der Waals surface area contributed by atoms with Gasteiger partial charge < -0.3 is 5.32 Å².